The molecule has 1 amide bonds. The first-order valence-electron chi connectivity index (χ1n) is 5.05. The predicted octanol–water partition coefficient (Wildman–Crippen LogP) is 0.928. The van der Waals surface area contributed by atoms with Gasteiger partial charge in [0.05, 0.1) is 16.5 Å². The molecular weight excluding hydrogens is 260 g/mol. The van der Waals surface area contributed by atoms with Crippen molar-refractivity contribution in [1.29, 1.82) is 0 Å². The average Bonchev–Trinajstić information content (AvgIpc) is 2.63. The number of hydrogen-bond acceptors (Lipinski definition) is 5. The van der Waals surface area contributed by atoms with Gasteiger partial charge in [-0.05, 0) is 6.92 Å². The van der Waals surface area contributed by atoms with Crippen LogP contribution in [-0.4, -0.2) is 40.0 Å². The van der Waals surface area contributed by atoms with E-state index in [0.717, 1.165) is 22.5 Å². The lowest BCUT2D eigenvalue weighted by molar-refractivity contribution is -0.133. The maximum Gasteiger partial charge on any atom is 0.313 e. The Hall–Kier alpha value is -1.08. The van der Waals surface area contributed by atoms with Crippen LogP contribution in [0.2, 0.25) is 0 Å². The highest BCUT2D eigenvalue weighted by Crippen LogP contribution is 2.08. The van der Waals surface area contributed by atoms with Crippen LogP contribution in [0.3, 0.4) is 0 Å². The van der Waals surface area contributed by atoms with E-state index in [9.17, 15) is 9.59 Å². The molecule has 0 aliphatic rings. The van der Waals surface area contributed by atoms with Gasteiger partial charge in [0, 0.05) is 24.0 Å². The molecule has 1 aromatic rings. The Morgan fingerprint density at radius 1 is 1.53 bits per heavy atom. The Bertz CT molecular complexity index is 393. The SMILES string of the molecule is Cc1csc(CCNC(=O)CSCC(=O)O)n1. The van der Waals surface area contributed by atoms with E-state index in [1.807, 2.05) is 12.3 Å². The van der Waals surface area contributed by atoms with Crippen molar-refractivity contribution < 1.29 is 14.7 Å². The third-order valence-electron chi connectivity index (χ3n) is 1.79. The number of aromatic nitrogens is 1. The van der Waals surface area contributed by atoms with Crippen molar-refractivity contribution in [2.24, 2.45) is 0 Å². The van der Waals surface area contributed by atoms with Gasteiger partial charge in [-0.15, -0.1) is 23.1 Å². The summed E-state index contributed by atoms with van der Waals surface area (Å²) in [6.07, 6.45) is 0.716. The molecule has 17 heavy (non-hydrogen) atoms. The number of rotatable bonds is 7. The van der Waals surface area contributed by atoms with Crippen molar-refractivity contribution in [3.63, 3.8) is 0 Å². The maximum atomic E-state index is 11.3. The fourth-order valence-electron chi connectivity index (χ4n) is 1.11. The number of thiazole rings is 1. The monoisotopic (exact) mass is 274 g/mol. The summed E-state index contributed by atoms with van der Waals surface area (Å²) in [7, 11) is 0. The van der Waals surface area contributed by atoms with Crippen LogP contribution in [0.25, 0.3) is 0 Å². The number of amides is 1. The van der Waals surface area contributed by atoms with Crippen molar-refractivity contribution in [2.45, 2.75) is 13.3 Å². The minimum atomic E-state index is -0.902. The standard InChI is InChI=1S/C10H14N2O3S2/c1-7-4-17-9(12-7)2-3-11-8(13)5-16-6-10(14)15/h4H,2-3,5-6H2,1H3,(H,11,13)(H,14,15). The lowest BCUT2D eigenvalue weighted by Crippen LogP contribution is -2.27. The molecule has 0 aliphatic carbocycles. The van der Waals surface area contributed by atoms with Gasteiger partial charge in [-0.25, -0.2) is 4.98 Å². The molecule has 0 bridgehead atoms. The molecule has 1 aromatic heterocycles. The molecule has 0 saturated heterocycles. The Labute approximate surface area is 108 Å². The number of nitrogens with one attached hydrogen (secondary N) is 1. The van der Waals surface area contributed by atoms with Gasteiger partial charge in [0.1, 0.15) is 0 Å². The summed E-state index contributed by atoms with van der Waals surface area (Å²) in [5, 5.41) is 14.1. The van der Waals surface area contributed by atoms with Gasteiger partial charge in [0.15, 0.2) is 0 Å². The summed E-state index contributed by atoms with van der Waals surface area (Å²) in [6.45, 7) is 2.47. The first-order chi connectivity index (χ1) is 8.08. The van der Waals surface area contributed by atoms with E-state index in [1.165, 1.54) is 0 Å². The summed E-state index contributed by atoms with van der Waals surface area (Å²) in [5.41, 5.74) is 0.994. The number of thioether (sulfide) groups is 1. The molecule has 5 nitrogen and oxygen atoms in total. The Morgan fingerprint density at radius 2 is 2.29 bits per heavy atom. The van der Waals surface area contributed by atoms with Gasteiger partial charge in [-0.2, -0.15) is 0 Å². The van der Waals surface area contributed by atoms with Crippen LogP contribution >= 0.6 is 23.1 Å². The fraction of sp³-hybridized carbons (Fsp3) is 0.500. The summed E-state index contributed by atoms with van der Waals surface area (Å²) in [5.74, 6) is -0.895. The number of carboxylic acid groups (broad SMARTS) is 1. The summed E-state index contributed by atoms with van der Waals surface area (Å²) in [6, 6.07) is 0. The molecule has 0 aromatic carbocycles. The first kappa shape index (κ1) is 14.0. The molecule has 0 fully saturated rings. The number of hydrogen-bond donors (Lipinski definition) is 2. The van der Waals surface area contributed by atoms with Crippen LogP contribution in [0.15, 0.2) is 5.38 Å². The van der Waals surface area contributed by atoms with Crippen LogP contribution in [0.5, 0.6) is 0 Å². The van der Waals surface area contributed by atoms with E-state index in [1.54, 1.807) is 11.3 Å². The second-order valence-corrected chi connectivity index (χ2v) is 5.30. The third kappa shape index (κ3) is 6.28. The van der Waals surface area contributed by atoms with Gasteiger partial charge >= 0.3 is 5.97 Å². The Kier molecular flexibility index (Phi) is 5.99. The van der Waals surface area contributed by atoms with Gasteiger partial charge < -0.3 is 10.4 Å². The molecule has 0 spiro atoms. The van der Waals surface area contributed by atoms with Gasteiger partial charge in [-0.3, -0.25) is 9.59 Å². The molecule has 7 heteroatoms. The highest BCUT2D eigenvalue weighted by atomic mass is 32.2. The zero-order valence-corrected chi connectivity index (χ0v) is 11.1. The van der Waals surface area contributed by atoms with Crippen molar-refractivity contribution in [2.75, 3.05) is 18.1 Å². The highest BCUT2D eigenvalue weighted by Gasteiger charge is 2.04. The fourth-order valence-corrected chi connectivity index (χ4v) is 2.45. The van der Waals surface area contributed by atoms with Crippen LogP contribution in [0.4, 0.5) is 0 Å². The molecular formula is C10H14N2O3S2. The molecule has 0 atom stereocenters. The van der Waals surface area contributed by atoms with Gasteiger partial charge in [-0.1, -0.05) is 0 Å². The topological polar surface area (TPSA) is 79.3 Å². The second kappa shape index (κ2) is 7.29. The second-order valence-electron chi connectivity index (χ2n) is 3.37. The largest absolute Gasteiger partial charge is 0.481 e. The van der Waals surface area contributed by atoms with E-state index in [0.29, 0.717) is 13.0 Å². The van der Waals surface area contributed by atoms with E-state index in [4.69, 9.17) is 5.11 Å². The number of carbonyl (C=O) groups is 2. The third-order valence-corrected chi connectivity index (χ3v) is 3.73. The van der Waals surface area contributed by atoms with E-state index in [2.05, 4.69) is 10.3 Å². The van der Waals surface area contributed by atoms with Gasteiger partial charge in [0.25, 0.3) is 0 Å². The number of carbonyl (C=O) groups excluding carboxylic acids is 1. The average molecular weight is 274 g/mol. The normalized spacial score (nSPS) is 10.2. The van der Waals surface area contributed by atoms with E-state index in [-0.39, 0.29) is 17.4 Å². The molecule has 1 heterocycles. The maximum absolute atomic E-state index is 11.3. The van der Waals surface area contributed by atoms with E-state index < -0.39 is 5.97 Å². The van der Waals surface area contributed by atoms with Crippen LogP contribution in [0, 0.1) is 6.92 Å². The quantitative estimate of drug-likeness (QED) is 0.773. The molecule has 1 rings (SSSR count). The number of aryl methyl sites for hydroxylation is 1. The van der Waals surface area contributed by atoms with Crippen LogP contribution in [-0.2, 0) is 16.0 Å². The molecule has 0 radical (unpaired) electrons. The molecule has 0 unspecified atom stereocenters. The molecule has 0 saturated carbocycles. The van der Waals surface area contributed by atoms with E-state index >= 15 is 0 Å². The minimum Gasteiger partial charge on any atom is -0.481 e. The first-order valence-corrected chi connectivity index (χ1v) is 7.08. The number of nitrogens with zero attached hydrogens (tertiary/aromatic N) is 1. The highest BCUT2D eigenvalue weighted by molar-refractivity contribution is 8.00. The Balaban J connectivity index is 2.10. The number of aliphatic carboxylic acids is 1. The summed E-state index contributed by atoms with van der Waals surface area (Å²) >= 11 is 2.67. The van der Waals surface area contributed by atoms with Crippen molar-refractivity contribution >= 4 is 35.0 Å². The summed E-state index contributed by atoms with van der Waals surface area (Å²) in [4.78, 5) is 25.8. The minimum absolute atomic E-state index is 0.0426. The van der Waals surface area contributed by atoms with Crippen molar-refractivity contribution in [3.05, 3.63) is 16.1 Å². The molecule has 0 aliphatic heterocycles. The summed E-state index contributed by atoms with van der Waals surface area (Å²) < 4.78 is 0. The molecule has 94 valence electrons. The Morgan fingerprint density at radius 3 is 2.88 bits per heavy atom. The lowest BCUT2D eigenvalue weighted by Gasteiger charge is -2.02. The lowest BCUT2D eigenvalue weighted by atomic mass is 10.4. The van der Waals surface area contributed by atoms with Crippen molar-refractivity contribution in [3.8, 4) is 0 Å². The zero-order valence-electron chi connectivity index (χ0n) is 9.43. The van der Waals surface area contributed by atoms with Gasteiger partial charge in [0.2, 0.25) is 5.91 Å². The zero-order chi connectivity index (χ0) is 12.7. The molecule has 2 N–H and O–H groups in total. The smallest absolute Gasteiger partial charge is 0.313 e. The van der Waals surface area contributed by atoms with Crippen LogP contribution in [0.1, 0.15) is 10.7 Å². The van der Waals surface area contributed by atoms with Crippen molar-refractivity contribution in [1.82, 2.24) is 10.3 Å². The number of carboxylic acids is 1. The predicted molar refractivity (Wildman–Crippen MR) is 68.5 cm³/mol. The van der Waals surface area contributed by atoms with Crippen LogP contribution < -0.4 is 5.32 Å².